The second-order valence-corrected chi connectivity index (χ2v) is 2.76. The number of nitrogens with zero attached hydrogens (tertiary/aromatic N) is 1. The van der Waals surface area contributed by atoms with Gasteiger partial charge in [0.2, 0.25) is 0 Å². The molecule has 4 heteroatoms. The molecule has 1 heterocycles. The lowest BCUT2D eigenvalue weighted by Crippen LogP contribution is -2.06. The molecule has 0 bridgehead atoms. The molecule has 0 amide bonds. The molecule has 0 aliphatic heterocycles. The lowest BCUT2D eigenvalue weighted by molar-refractivity contribution is 0.166. The van der Waals surface area contributed by atoms with Gasteiger partial charge in [0.25, 0.3) is 0 Å². The molecule has 1 aromatic rings. The summed E-state index contributed by atoms with van der Waals surface area (Å²) >= 11 is 0. The smallest absolute Gasteiger partial charge is 0.191 e. The largest absolute Gasteiger partial charge is 0.443 e. The Labute approximate surface area is 71.4 Å². The molecule has 0 saturated heterocycles. The molecule has 0 aromatic carbocycles. The van der Waals surface area contributed by atoms with Gasteiger partial charge in [0.15, 0.2) is 11.7 Å². The van der Waals surface area contributed by atoms with Crippen molar-refractivity contribution < 1.29 is 9.52 Å². The van der Waals surface area contributed by atoms with Crippen molar-refractivity contribution in [3.8, 4) is 0 Å². The molecule has 3 N–H and O–H groups in total. The highest BCUT2D eigenvalue weighted by Gasteiger charge is 2.14. The quantitative estimate of drug-likeness (QED) is 0.694. The van der Waals surface area contributed by atoms with Crippen molar-refractivity contribution in [3.05, 3.63) is 17.3 Å². The van der Waals surface area contributed by atoms with Gasteiger partial charge in [-0.1, -0.05) is 0 Å². The van der Waals surface area contributed by atoms with Crippen LogP contribution in [0.15, 0.2) is 4.42 Å². The van der Waals surface area contributed by atoms with Crippen LogP contribution in [0.3, 0.4) is 0 Å². The molecule has 0 spiro atoms. The van der Waals surface area contributed by atoms with E-state index in [-0.39, 0.29) is 0 Å². The Morgan fingerprint density at radius 3 is 2.83 bits per heavy atom. The SMILES string of the molecule is Cc1nc(CCN)c(C(C)O)o1. The summed E-state index contributed by atoms with van der Waals surface area (Å²) in [5, 5.41) is 9.27. The van der Waals surface area contributed by atoms with Crippen LogP contribution in [0.5, 0.6) is 0 Å². The molecule has 1 aromatic heterocycles. The topological polar surface area (TPSA) is 72.3 Å². The molecule has 12 heavy (non-hydrogen) atoms. The van der Waals surface area contributed by atoms with Crippen LogP contribution in [-0.2, 0) is 6.42 Å². The van der Waals surface area contributed by atoms with Crippen LogP contribution >= 0.6 is 0 Å². The van der Waals surface area contributed by atoms with Crippen molar-refractivity contribution in [2.75, 3.05) is 6.54 Å². The van der Waals surface area contributed by atoms with Crippen LogP contribution in [0.4, 0.5) is 0 Å². The fraction of sp³-hybridized carbons (Fsp3) is 0.625. The molecule has 0 aliphatic carbocycles. The van der Waals surface area contributed by atoms with Crippen molar-refractivity contribution in [2.45, 2.75) is 26.4 Å². The zero-order valence-electron chi connectivity index (χ0n) is 7.37. The molecular formula is C8H14N2O2. The van der Waals surface area contributed by atoms with Gasteiger partial charge in [-0.25, -0.2) is 4.98 Å². The Hall–Kier alpha value is -0.870. The Bertz CT molecular complexity index is 256. The van der Waals surface area contributed by atoms with Crippen molar-refractivity contribution in [1.82, 2.24) is 4.98 Å². The number of hydrogen-bond acceptors (Lipinski definition) is 4. The molecular weight excluding hydrogens is 156 g/mol. The Balaban J connectivity index is 2.92. The van der Waals surface area contributed by atoms with E-state index in [1.165, 1.54) is 0 Å². The first kappa shape index (κ1) is 9.22. The van der Waals surface area contributed by atoms with Crippen LogP contribution in [-0.4, -0.2) is 16.6 Å². The van der Waals surface area contributed by atoms with Gasteiger partial charge in [0.1, 0.15) is 6.10 Å². The first-order chi connectivity index (χ1) is 5.65. The molecule has 1 rings (SSSR count). The molecule has 0 saturated carbocycles. The minimum absolute atomic E-state index is 0.520. The lowest BCUT2D eigenvalue weighted by atomic mass is 10.2. The molecule has 1 atom stereocenters. The summed E-state index contributed by atoms with van der Waals surface area (Å²) < 4.78 is 5.21. The maximum Gasteiger partial charge on any atom is 0.191 e. The fourth-order valence-electron chi connectivity index (χ4n) is 1.13. The highest BCUT2D eigenvalue weighted by Crippen LogP contribution is 2.18. The Kier molecular flexibility index (Phi) is 2.83. The van der Waals surface area contributed by atoms with Crippen molar-refractivity contribution >= 4 is 0 Å². The standard InChI is InChI=1S/C8H14N2O2/c1-5(11)8-7(3-4-9)10-6(2)12-8/h5,11H,3-4,9H2,1-2H3. The van der Waals surface area contributed by atoms with Gasteiger partial charge in [-0.3, -0.25) is 0 Å². The average Bonchev–Trinajstić information content (AvgIpc) is 2.32. The average molecular weight is 170 g/mol. The summed E-state index contributed by atoms with van der Waals surface area (Å²) in [6.07, 6.45) is 0.0464. The third-order valence-corrected chi connectivity index (χ3v) is 1.60. The first-order valence-corrected chi connectivity index (χ1v) is 3.99. The van der Waals surface area contributed by atoms with Gasteiger partial charge in [0, 0.05) is 13.3 Å². The van der Waals surface area contributed by atoms with E-state index in [1.807, 2.05) is 0 Å². The van der Waals surface area contributed by atoms with Gasteiger partial charge in [-0.2, -0.15) is 0 Å². The van der Waals surface area contributed by atoms with E-state index in [4.69, 9.17) is 10.2 Å². The number of aromatic nitrogens is 1. The van der Waals surface area contributed by atoms with Gasteiger partial charge in [0.05, 0.1) is 5.69 Å². The second kappa shape index (κ2) is 3.69. The first-order valence-electron chi connectivity index (χ1n) is 3.99. The van der Waals surface area contributed by atoms with E-state index in [0.29, 0.717) is 24.6 Å². The minimum atomic E-state index is -0.604. The Morgan fingerprint density at radius 1 is 1.67 bits per heavy atom. The fourth-order valence-corrected chi connectivity index (χ4v) is 1.13. The van der Waals surface area contributed by atoms with Gasteiger partial charge >= 0.3 is 0 Å². The van der Waals surface area contributed by atoms with Crippen LogP contribution in [0, 0.1) is 6.92 Å². The molecule has 4 nitrogen and oxygen atoms in total. The molecule has 0 fully saturated rings. The maximum atomic E-state index is 9.27. The van der Waals surface area contributed by atoms with Crippen LogP contribution in [0.2, 0.25) is 0 Å². The normalized spacial score (nSPS) is 13.3. The summed E-state index contributed by atoms with van der Waals surface area (Å²) in [4.78, 5) is 4.11. The highest BCUT2D eigenvalue weighted by atomic mass is 16.4. The number of aryl methyl sites for hydroxylation is 1. The minimum Gasteiger partial charge on any atom is -0.443 e. The third-order valence-electron chi connectivity index (χ3n) is 1.60. The number of aliphatic hydroxyl groups is 1. The molecule has 0 radical (unpaired) electrons. The number of nitrogens with two attached hydrogens (primary N) is 1. The zero-order chi connectivity index (χ0) is 9.14. The van der Waals surface area contributed by atoms with Gasteiger partial charge < -0.3 is 15.3 Å². The van der Waals surface area contributed by atoms with Crippen molar-refractivity contribution in [1.29, 1.82) is 0 Å². The number of aliphatic hydroxyl groups excluding tert-OH is 1. The van der Waals surface area contributed by atoms with Gasteiger partial charge in [-0.05, 0) is 13.5 Å². The summed E-state index contributed by atoms with van der Waals surface area (Å²) in [7, 11) is 0. The number of oxazole rings is 1. The van der Waals surface area contributed by atoms with Crippen molar-refractivity contribution in [3.63, 3.8) is 0 Å². The second-order valence-electron chi connectivity index (χ2n) is 2.76. The third kappa shape index (κ3) is 1.84. The monoisotopic (exact) mass is 170 g/mol. The molecule has 0 aliphatic rings. The predicted molar refractivity (Wildman–Crippen MR) is 44.6 cm³/mol. The lowest BCUT2D eigenvalue weighted by Gasteiger charge is -2.00. The highest BCUT2D eigenvalue weighted by molar-refractivity contribution is 5.12. The van der Waals surface area contributed by atoms with Gasteiger partial charge in [-0.15, -0.1) is 0 Å². The zero-order valence-corrected chi connectivity index (χ0v) is 7.37. The maximum absolute atomic E-state index is 9.27. The predicted octanol–water partition coefficient (Wildman–Crippen LogP) is 0.538. The summed E-state index contributed by atoms with van der Waals surface area (Å²) in [6.45, 7) is 3.93. The van der Waals surface area contributed by atoms with Crippen LogP contribution in [0.25, 0.3) is 0 Å². The van der Waals surface area contributed by atoms with Crippen LogP contribution < -0.4 is 5.73 Å². The number of hydrogen-bond donors (Lipinski definition) is 2. The number of rotatable bonds is 3. The summed E-state index contributed by atoms with van der Waals surface area (Å²) in [5.74, 6) is 1.12. The Morgan fingerprint density at radius 2 is 2.33 bits per heavy atom. The van der Waals surface area contributed by atoms with E-state index >= 15 is 0 Å². The summed E-state index contributed by atoms with van der Waals surface area (Å²) in [5.41, 5.74) is 6.14. The van der Waals surface area contributed by atoms with E-state index in [9.17, 15) is 5.11 Å². The molecule has 1 unspecified atom stereocenters. The van der Waals surface area contributed by atoms with E-state index in [2.05, 4.69) is 4.98 Å². The van der Waals surface area contributed by atoms with E-state index < -0.39 is 6.10 Å². The van der Waals surface area contributed by atoms with E-state index in [0.717, 1.165) is 5.69 Å². The summed E-state index contributed by atoms with van der Waals surface area (Å²) in [6, 6.07) is 0. The van der Waals surface area contributed by atoms with Crippen molar-refractivity contribution in [2.24, 2.45) is 5.73 Å². The van der Waals surface area contributed by atoms with Crippen LogP contribution in [0.1, 0.15) is 30.4 Å². The van der Waals surface area contributed by atoms with E-state index in [1.54, 1.807) is 13.8 Å². The molecule has 68 valence electrons.